The number of carbonyl (C=O) groups excluding carboxylic acids is 1. The van der Waals surface area contributed by atoms with Crippen LogP contribution in [0.1, 0.15) is 34.1 Å². The zero-order chi connectivity index (χ0) is 14.5. The molecule has 1 amide bonds. The van der Waals surface area contributed by atoms with E-state index in [1.807, 2.05) is 13.8 Å². The van der Waals surface area contributed by atoms with Gasteiger partial charge in [0.05, 0.1) is 5.69 Å². The molecule has 0 aliphatic carbocycles. The standard InChI is InChI=1S/C12H16N4O2S2/c1-4-9-14-7(2)10(18-9)11(17)13-5-6-19-12-16-15-8(3)20-12/h4-6H2,1-3H3,(H,13,17). The molecule has 0 aromatic carbocycles. The van der Waals surface area contributed by atoms with E-state index in [4.69, 9.17) is 4.42 Å². The summed E-state index contributed by atoms with van der Waals surface area (Å²) in [5, 5.41) is 11.7. The van der Waals surface area contributed by atoms with Crippen molar-refractivity contribution in [2.75, 3.05) is 12.3 Å². The van der Waals surface area contributed by atoms with Gasteiger partial charge in [-0.3, -0.25) is 4.79 Å². The zero-order valence-electron chi connectivity index (χ0n) is 11.6. The van der Waals surface area contributed by atoms with Gasteiger partial charge in [-0.15, -0.1) is 10.2 Å². The molecule has 0 aliphatic rings. The fourth-order valence-corrected chi connectivity index (χ4v) is 3.27. The van der Waals surface area contributed by atoms with Gasteiger partial charge in [0.15, 0.2) is 10.2 Å². The number of aryl methyl sites for hydroxylation is 3. The van der Waals surface area contributed by atoms with Crippen molar-refractivity contribution < 1.29 is 9.21 Å². The lowest BCUT2D eigenvalue weighted by molar-refractivity contribution is 0.0926. The fraction of sp³-hybridized carbons (Fsp3) is 0.500. The van der Waals surface area contributed by atoms with Crippen LogP contribution < -0.4 is 5.32 Å². The van der Waals surface area contributed by atoms with Crippen molar-refractivity contribution in [3.05, 3.63) is 22.4 Å². The summed E-state index contributed by atoms with van der Waals surface area (Å²) in [5.41, 5.74) is 0.631. The normalized spacial score (nSPS) is 10.8. The van der Waals surface area contributed by atoms with Crippen molar-refractivity contribution in [1.82, 2.24) is 20.5 Å². The van der Waals surface area contributed by atoms with Gasteiger partial charge >= 0.3 is 0 Å². The summed E-state index contributed by atoms with van der Waals surface area (Å²) < 4.78 is 6.31. The van der Waals surface area contributed by atoms with Crippen LogP contribution in [0.3, 0.4) is 0 Å². The second-order valence-electron chi connectivity index (χ2n) is 4.07. The number of amides is 1. The Balaban J connectivity index is 1.78. The summed E-state index contributed by atoms with van der Waals surface area (Å²) in [5.74, 6) is 1.42. The number of aromatic nitrogens is 3. The highest BCUT2D eigenvalue weighted by molar-refractivity contribution is 8.01. The topological polar surface area (TPSA) is 80.9 Å². The van der Waals surface area contributed by atoms with Gasteiger partial charge < -0.3 is 9.73 Å². The molecular weight excluding hydrogens is 296 g/mol. The second kappa shape index (κ2) is 6.85. The van der Waals surface area contributed by atoms with Crippen LogP contribution in [-0.2, 0) is 6.42 Å². The fourth-order valence-electron chi connectivity index (χ4n) is 1.53. The first-order valence-electron chi connectivity index (χ1n) is 6.27. The molecule has 6 nitrogen and oxygen atoms in total. The molecule has 0 saturated heterocycles. The van der Waals surface area contributed by atoms with Gasteiger partial charge in [0.1, 0.15) is 5.01 Å². The lowest BCUT2D eigenvalue weighted by atomic mass is 10.3. The average molecular weight is 312 g/mol. The molecule has 2 heterocycles. The van der Waals surface area contributed by atoms with Gasteiger partial charge in [-0.05, 0) is 13.8 Å². The molecule has 108 valence electrons. The second-order valence-corrected chi connectivity index (χ2v) is 6.59. The predicted octanol–water partition coefficient (Wildman–Crippen LogP) is 2.23. The Morgan fingerprint density at radius 3 is 2.80 bits per heavy atom. The largest absolute Gasteiger partial charge is 0.435 e. The first-order valence-corrected chi connectivity index (χ1v) is 8.07. The molecule has 0 saturated carbocycles. The van der Waals surface area contributed by atoms with Crippen LogP contribution in [0.15, 0.2) is 8.76 Å². The maximum absolute atomic E-state index is 11.9. The molecule has 0 atom stereocenters. The Morgan fingerprint density at radius 2 is 2.20 bits per heavy atom. The van der Waals surface area contributed by atoms with E-state index >= 15 is 0 Å². The lowest BCUT2D eigenvalue weighted by Crippen LogP contribution is -2.25. The van der Waals surface area contributed by atoms with E-state index in [1.54, 1.807) is 30.0 Å². The number of rotatable bonds is 6. The highest BCUT2D eigenvalue weighted by atomic mass is 32.2. The van der Waals surface area contributed by atoms with Crippen LogP contribution >= 0.6 is 23.1 Å². The molecule has 0 aliphatic heterocycles. The number of thioether (sulfide) groups is 1. The Morgan fingerprint density at radius 1 is 1.40 bits per heavy atom. The van der Waals surface area contributed by atoms with E-state index in [0.717, 1.165) is 15.1 Å². The highest BCUT2D eigenvalue weighted by Gasteiger charge is 2.16. The summed E-state index contributed by atoms with van der Waals surface area (Å²) in [7, 11) is 0. The molecule has 20 heavy (non-hydrogen) atoms. The molecule has 0 unspecified atom stereocenters. The minimum atomic E-state index is -0.219. The summed E-state index contributed by atoms with van der Waals surface area (Å²) in [6, 6.07) is 0. The van der Waals surface area contributed by atoms with Crippen LogP contribution in [0.25, 0.3) is 0 Å². The molecule has 0 bridgehead atoms. The molecular formula is C12H16N4O2S2. The highest BCUT2D eigenvalue weighted by Crippen LogP contribution is 2.21. The molecule has 0 spiro atoms. The van der Waals surface area contributed by atoms with Crippen molar-refractivity contribution in [3.8, 4) is 0 Å². The SMILES string of the molecule is CCc1nc(C)c(C(=O)NCCSc2nnc(C)s2)o1. The van der Waals surface area contributed by atoms with E-state index < -0.39 is 0 Å². The summed E-state index contributed by atoms with van der Waals surface area (Å²) in [6.07, 6.45) is 0.681. The Bertz CT molecular complexity index is 594. The minimum Gasteiger partial charge on any atom is -0.435 e. The smallest absolute Gasteiger partial charge is 0.289 e. The van der Waals surface area contributed by atoms with Gasteiger partial charge in [0, 0.05) is 18.7 Å². The van der Waals surface area contributed by atoms with Crippen LogP contribution in [0.2, 0.25) is 0 Å². The maximum Gasteiger partial charge on any atom is 0.289 e. The van der Waals surface area contributed by atoms with Gasteiger partial charge in [-0.2, -0.15) is 0 Å². The number of nitrogens with zero attached hydrogens (tertiary/aromatic N) is 3. The molecule has 2 rings (SSSR count). The molecule has 8 heteroatoms. The van der Waals surface area contributed by atoms with Gasteiger partial charge in [0.2, 0.25) is 5.76 Å². The zero-order valence-corrected chi connectivity index (χ0v) is 13.2. The third-order valence-electron chi connectivity index (χ3n) is 2.47. The van der Waals surface area contributed by atoms with Gasteiger partial charge in [-0.25, -0.2) is 4.98 Å². The van der Waals surface area contributed by atoms with Crippen LogP contribution in [0.4, 0.5) is 0 Å². The van der Waals surface area contributed by atoms with Crippen molar-refractivity contribution >= 4 is 29.0 Å². The summed E-state index contributed by atoms with van der Waals surface area (Å²) >= 11 is 3.13. The van der Waals surface area contributed by atoms with E-state index in [2.05, 4.69) is 20.5 Å². The van der Waals surface area contributed by atoms with Crippen LogP contribution in [-0.4, -0.2) is 33.4 Å². The minimum absolute atomic E-state index is 0.219. The summed E-state index contributed by atoms with van der Waals surface area (Å²) in [6.45, 7) is 6.18. The Kier molecular flexibility index (Phi) is 5.13. The number of nitrogens with one attached hydrogen (secondary N) is 1. The third kappa shape index (κ3) is 3.80. The molecule has 0 fully saturated rings. The third-order valence-corrected chi connectivity index (χ3v) is 4.44. The Labute approximate surface area is 125 Å². The van der Waals surface area contributed by atoms with E-state index in [9.17, 15) is 4.79 Å². The molecule has 2 aromatic heterocycles. The maximum atomic E-state index is 11.9. The first kappa shape index (κ1) is 15.0. The number of carbonyl (C=O) groups is 1. The number of hydrogen-bond donors (Lipinski definition) is 1. The predicted molar refractivity (Wildman–Crippen MR) is 78.3 cm³/mol. The van der Waals surface area contributed by atoms with Crippen LogP contribution in [0, 0.1) is 13.8 Å². The van der Waals surface area contributed by atoms with E-state index in [1.165, 1.54) is 0 Å². The number of oxazole rings is 1. The number of hydrogen-bond acceptors (Lipinski definition) is 7. The monoisotopic (exact) mass is 312 g/mol. The first-order chi connectivity index (χ1) is 9.60. The van der Waals surface area contributed by atoms with Gasteiger partial charge in [-0.1, -0.05) is 30.0 Å². The Hall–Kier alpha value is -1.41. The van der Waals surface area contributed by atoms with Gasteiger partial charge in [0.25, 0.3) is 5.91 Å². The van der Waals surface area contributed by atoms with Crippen LogP contribution in [0.5, 0.6) is 0 Å². The average Bonchev–Trinajstić information content (AvgIpc) is 3.00. The van der Waals surface area contributed by atoms with Crippen molar-refractivity contribution in [1.29, 1.82) is 0 Å². The van der Waals surface area contributed by atoms with Crippen molar-refractivity contribution in [3.63, 3.8) is 0 Å². The quantitative estimate of drug-likeness (QED) is 0.651. The van der Waals surface area contributed by atoms with E-state index in [-0.39, 0.29) is 5.91 Å². The van der Waals surface area contributed by atoms with E-state index in [0.29, 0.717) is 30.3 Å². The van der Waals surface area contributed by atoms with Crippen molar-refractivity contribution in [2.45, 2.75) is 31.5 Å². The lowest BCUT2D eigenvalue weighted by Gasteiger charge is -2.01. The summed E-state index contributed by atoms with van der Waals surface area (Å²) in [4.78, 5) is 16.1. The molecule has 1 N–H and O–H groups in total. The molecule has 2 aromatic rings. The molecule has 0 radical (unpaired) electrons. The van der Waals surface area contributed by atoms with Crippen molar-refractivity contribution in [2.24, 2.45) is 0 Å².